The zero-order chi connectivity index (χ0) is 33.0. The summed E-state index contributed by atoms with van der Waals surface area (Å²) >= 11 is 0. The van der Waals surface area contributed by atoms with Crippen LogP contribution in [0.15, 0.2) is 89.9 Å². The third kappa shape index (κ3) is 6.57. The fourth-order valence-corrected chi connectivity index (χ4v) is 6.19. The smallest absolute Gasteiger partial charge is 0.323 e. The van der Waals surface area contributed by atoms with Gasteiger partial charge in [0.1, 0.15) is 17.4 Å². The van der Waals surface area contributed by atoms with Crippen LogP contribution in [0.2, 0.25) is 0 Å². The van der Waals surface area contributed by atoms with Crippen molar-refractivity contribution in [2.24, 2.45) is 7.05 Å². The number of urea groups is 1. The molecule has 0 saturated heterocycles. The van der Waals surface area contributed by atoms with Crippen LogP contribution in [0.5, 0.6) is 0 Å². The first-order chi connectivity index (χ1) is 23.4. The summed E-state index contributed by atoms with van der Waals surface area (Å²) in [6.45, 7) is 2.22. The molecular weight excluding hydrogens is 604 g/mol. The minimum absolute atomic E-state index is 0.0503. The normalized spacial score (nSPS) is 15.9. The maximum absolute atomic E-state index is 13.8. The van der Waals surface area contributed by atoms with Gasteiger partial charge in [-0.25, -0.2) is 24.7 Å². The lowest BCUT2D eigenvalue weighted by molar-refractivity contribution is 0.240. The first-order valence-electron chi connectivity index (χ1n) is 15.9. The second kappa shape index (κ2) is 13.3. The Bertz CT molecular complexity index is 2090. The molecule has 2 N–H and O–H groups in total. The van der Waals surface area contributed by atoms with Crippen LogP contribution < -0.4 is 15.5 Å². The van der Waals surface area contributed by atoms with Crippen molar-refractivity contribution >= 4 is 28.9 Å². The number of nitriles is 1. The van der Waals surface area contributed by atoms with Gasteiger partial charge in [-0.1, -0.05) is 30.3 Å². The van der Waals surface area contributed by atoms with Crippen LogP contribution in [0.3, 0.4) is 0 Å². The van der Waals surface area contributed by atoms with E-state index >= 15 is 0 Å². The molecule has 0 bridgehead atoms. The molecular formula is C36H34N10O2. The van der Waals surface area contributed by atoms with Crippen LogP contribution in [-0.4, -0.2) is 47.8 Å². The van der Waals surface area contributed by atoms with Crippen molar-refractivity contribution in [1.29, 1.82) is 5.26 Å². The van der Waals surface area contributed by atoms with E-state index in [2.05, 4.69) is 31.8 Å². The SMILES string of the molecule is Cc1nc2cc(-c3nc(N[C@H]4CC[C@H](N(C(=O)NCc5ccccc5)c5ccc(-c6cnn(C)c6)cn5)CC4)ncc3C#N)ccc2o1. The standard InChI is InChI=1S/C36H34N10O2/c1-23-42-31-16-25(8-14-32(31)48-23)34-27(17-37)20-39-35(44-34)43-29-10-12-30(13-11-29)46(36(47)40-18-24-6-4-3-5-7-24)33-15-9-26(19-38-33)28-21-41-45(2)22-28/h3-9,14-16,19-22,29-30H,10-13,18H2,1-2H3,(H,40,47)(H,39,43,44)/t29-,30-. The maximum Gasteiger partial charge on any atom is 0.323 e. The lowest BCUT2D eigenvalue weighted by Gasteiger charge is -2.36. The molecule has 1 fully saturated rings. The fourth-order valence-electron chi connectivity index (χ4n) is 6.19. The van der Waals surface area contributed by atoms with Gasteiger partial charge < -0.3 is 15.1 Å². The predicted octanol–water partition coefficient (Wildman–Crippen LogP) is 6.40. The third-order valence-electron chi connectivity index (χ3n) is 8.61. The number of hydrogen-bond donors (Lipinski definition) is 2. The first-order valence-corrected chi connectivity index (χ1v) is 15.9. The van der Waals surface area contributed by atoms with Gasteiger partial charge in [0, 0.05) is 61.7 Å². The lowest BCUT2D eigenvalue weighted by atomic mass is 9.90. The Morgan fingerprint density at radius 2 is 1.79 bits per heavy atom. The van der Waals surface area contributed by atoms with Gasteiger partial charge in [-0.05, 0) is 61.6 Å². The van der Waals surface area contributed by atoms with Gasteiger partial charge in [-0.15, -0.1) is 0 Å². The van der Waals surface area contributed by atoms with Crippen molar-refractivity contribution in [1.82, 2.24) is 35.0 Å². The highest BCUT2D eigenvalue weighted by Gasteiger charge is 2.31. The van der Waals surface area contributed by atoms with Crippen molar-refractivity contribution in [2.45, 2.75) is 51.2 Å². The second-order valence-electron chi connectivity index (χ2n) is 12.0. The third-order valence-corrected chi connectivity index (χ3v) is 8.61. The number of carbonyl (C=O) groups is 1. The molecule has 6 aromatic rings. The maximum atomic E-state index is 13.8. The van der Waals surface area contributed by atoms with E-state index in [0.717, 1.165) is 47.9 Å². The summed E-state index contributed by atoms with van der Waals surface area (Å²) in [6.07, 6.45) is 10.2. The quantitative estimate of drug-likeness (QED) is 0.193. The number of amides is 2. The van der Waals surface area contributed by atoms with Crippen molar-refractivity contribution in [2.75, 3.05) is 10.2 Å². The van der Waals surface area contributed by atoms with Gasteiger partial charge in [0.15, 0.2) is 11.5 Å². The Morgan fingerprint density at radius 1 is 0.979 bits per heavy atom. The number of pyridine rings is 1. The highest BCUT2D eigenvalue weighted by Crippen LogP contribution is 2.31. The summed E-state index contributed by atoms with van der Waals surface area (Å²) in [5, 5.41) is 20.6. The van der Waals surface area contributed by atoms with Crippen LogP contribution in [0, 0.1) is 18.3 Å². The van der Waals surface area contributed by atoms with Crippen molar-refractivity contribution < 1.29 is 9.21 Å². The second-order valence-corrected chi connectivity index (χ2v) is 12.0. The van der Waals surface area contributed by atoms with Crippen LogP contribution in [0.1, 0.15) is 42.7 Å². The summed E-state index contributed by atoms with van der Waals surface area (Å²) in [4.78, 5) is 33.9. The van der Waals surface area contributed by atoms with E-state index in [9.17, 15) is 10.1 Å². The van der Waals surface area contributed by atoms with Gasteiger partial charge in [0.05, 0.1) is 23.7 Å². The lowest BCUT2D eigenvalue weighted by Crippen LogP contribution is -2.49. The number of hydrogen-bond acceptors (Lipinski definition) is 9. The van der Waals surface area contributed by atoms with Crippen LogP contribution in [-0.2, 0) is 13.6 Å². The van der Waals surface area contributed by atoms with Crippen molar-refractivity contribution in [3.63, 3.8) is 0 Å². The molecule has 240 valence electrons. The number of fused-ring (bicyclic) bond motifs is 1. The highest BCUT2D eigenvalue weighted by atomic mass is 16.3. The molecule has 1 aliphatic carbocycles. The molecule has 48 heavy (non-hydrogen) atoms. The number of benzene rings is 2. The van der Waals surface area contributed by atoms with Gasteiger partial charge in [0.2, 0.25) is 5.95 Å². The van der Waals surface area contributed by atoms with Crippen LogP contribution in [0.25, 0.3) is 33.5 Å². The molecule has 1 aliphatic rings. The summed E-state index contributed by atoms with van der Waals surface area (Å²) < 4.78 is 7.36. The zero-order valence-electron chi connectivity index (χ0n) is 26.7. The molecule has 2 amide bonds. The van der Waals surface area contributed by atoms with E-state index in [1.165, 1.54) is 0 Å². The van der Waals surface area contributed by atoms with Crippen molar-refractivity contribution in [3.05, 3.63) is 102 Å². The average Bonchev–Trinajstić information content (AvgIpc) is 3.73. The topological polar surface area (TPSA) is 151 Å². The van der Waals surface area contributed by atoms with Gasteiger partial charge in [0.25, 0.3) is 0 Å². The summed E-state index contributed by atoms with van der Waals surface area (Å²) in [5.74, 6) is 1.63. The Balaban J connectivity index is 1.07. The molecule has 0 atom stereocenters. The number of aromatic nitrogens is 6. The molecule has 0 spiro atoms. The molecule has 4 aromatic heterocycles. The van der Waals surface area contributed by atoms with E-state index < -0.39 is 0 Å². The van der Waals surface area contributed by atoms with Gasteiger partial charge in [-0.3, -0.25) is 9.58 Å². The van der Waals surface area contributed by atoms with E-state index in [4.69, 9.17) is 14.4 Å². The number of nitrogens with one attached hydrogen (secondary N) is 2. The number of oxazole rings is 1. The molecule has 12 heteroatoms. The van der Waals surface area contributed by atoms with E-state index in [-0.39, 0.29) is 18.1 Å². The number of rotatable bonds is 8. The number of aryl methyl sites for hydroxylation is 2. The zero-order valence-corrected chi connectivity index (χ0v) is 26.7. The average molecular weight is 639 g/mol. The van der Waals surface area contributed by atoms with Gasteiger partial charge in [-0.2, -0.15) is 10.4 Å². The number of carbonyl (C=O) groups excluding carboxylic acids is 1. The Hall–Kier alpha value is -6.09. The fraction of sp³-hybridized carbons (Fsp3) is 0.250. The molecule has 0 radical (unpaired) electrons. The van der Waals surface area contributed by atoms with Crippen LogP contribution >= 0.6 is 0 Å². The monoisotopic (exact) mass is 638 g/mol. The number of anilines is 2. The first kappa shape index (κ1) is 30.6. The molecule has 12 nitrogen and oxygen atoms in total. The van der Waals surface area contributed by atoms with Gasteiger partial charge >= 0.3 is 6.03 Å². The minimum Gasteiger partial charge on any atom is -0.441 e. The largest absolute Gasteiger partial charge is 0.441 e. The van der Waals surface area contributed by atoms with E-state index in [1.807, 2.05) is 73.9 Å². The molecule has 0 unspecified atom stereocenters. The Morgan fingerprint density at radius 3 is 2.52 bits per heavy atom. The molecule has 4 heterocycles. The highest BCUT2D eigenvalue weighted by molar-refractivity contribution is 5.91. The molecule has 1 saturated carbocycles. The molecule has 0 aliphatic heterocycles. The summed E-state index contributed by atoms with van der Waals surface area (Å²) in [7, 11) is 1.88. The van der Waals surface area contributed by atoms with E-state index in [0.29, 0.717) is 46.6 Å². The molecule has 2 aromatic carbocycles. The summed E-state index contributed by atoms with van der Waals surface area (Å²) in [5.41, 5.74) is 5.99. The number of nitrogens with zero attached hydrogens (tertiary/aromatic N) is 8. The summed E-state index contributed by atoms with van der Waals surface area (Å²) in [6, 6.07) is 21.4. The molecule has 7 rings (SSSR count). The Labute approximate surface area is 277 Å². The predicted molar refractivity (Wildman–Crippen MR) is 182 cm³/mol. The minimum atomic E-state index is -0.184. The Kier molecular flexibility index (Phi) is 8.49. The van der Waals surface area contributed by atoms with E-state index in [1.54, 1.807) is 35.1 Å². The van der Waals surface area contributed by atoms with Crippen molar-refractivity contribution in [3.8, 4) is 28.5 Å². The van der Waals surface area contributed by atoms with Crippen LogP contribution in [0.4, 0.5) is 16.6 Å².